The van der Waals surface area contributed by atoms with Crippen molar-refractivity contribution in [3.63, 3.8) is 0 Å². The van der Waals surface area contributed by atoms with Crippen LogP contribution in [0.25, 0.3) is 0 Å². The number of nitro benzene ring substituents is 1. The molecule has 1 N–H and O–H groups in total. The lowest BCUT2D eigenvalue weighted by atomic mass is 10.2. The van der Waals surface area contributed by atoms with Gasteiger partial charge in [-0.3, -0.25) is 14.9 Å². The van der Waals surface area contributed by atoms with Gasteiger partial charge in [0.15, 0.2) is 0 Å². The van der Waals surface area contributed by atoms with Gasteiger partial charge in [-0.15, -0.1) is 11.8 Å². The van der Waals surface area contributed by atoms with Crippen LogP contribution in [0.2, 0.25) is 0 Å². The smallest absolute Gasteiger partial charge is 0.344 e. The molecule has 2 aromatic rings. The zero-order valence-electron chi connectivity index (χ0n) is 15.6. The van der Waals surface area contributed by atoms with E-state index in [9.17, 15) is 19.7 Å². The highest BCUT2D eigenvalue weighted by molar-refractivity contribution is 8.00. The van der Waals surface area contributed by atoms with Crippen molar-refractivity contribution in [2.45, 2.75) is 24.8 Å². The summed E-state index contributed by atoms with van der Waals surface area (Å²) in [6.45, 7) is 3.71. The molecule has 0 saturated carbocycles. The summed E-state index contributed by atoms with van der Waals surface area (Å²) in [5.74, 6) is -0.688. The number of ether oxygens (including phenoxy) is 2. The Balaban J connectivity index is 2.19. The number of nitrogens with one attached hydrogen (secondary N) is 1. The van der Waals surface area contributed by atoms with Gasteiger partial charge >= 0.3 is 11.7 Å². The SMILES string of the molecule is COc1ccc(OC(=O)c2ccccc2SCC(=O)NC(C)C)c([N+](=O)[O-])c1. The fraction of sp³-hybridized carbons (Fsp3) is 0.263. The summed E-state index contributed by atoms with van der Waals surface area (Å²) in [6.07, 6.45) is 0. The maximum absolute atomic E-state index is 12.6. The topological polar surface area (TPSA) is 108 Å². The summed E-state index contributed by atoms with van der Waals surface area (Å²) >= 11 is 1.19. The average Bonchev–Trinajstić information content (AvgIpc) is 2.66. The molecule has 0 heterocycles. The molecule has 0 fully saturated rings. The van der Waals surface area contributed by atoms with Gasteiger partial charge in [0.2, 0.25) is 11.7 Å². The number of nitro groups is 1. The molecule has 0 unspecified atom stereocenters. The van der Waals surface area contributed by atoms with Crippen LogP contribution in [0.4, 0.5) is 5.69 Å². The van der Waals surface area contributed by atoms with E-state index in [2.05, 4.69) is 5.32 Å². The molecule has 0 aliphatic heterocycles. The van der Waals surface area contributed by atoms with E-state index in [-0.39, 0.29) is 40.5 Å². The number of carbonyl (C=O) groups is 2. The number of nitrogens with zero attached hydrogens (tertiary/aromatic N) is 1. The molecule has 9 heteroatoms. The highest BCUT2D eigenvalue weighted by Crippen LogP contribution is 2.32. The summed E-state index contributed by atoms with van der Waals surface area (Å²) in [5.41, 5.74) is -0.163. The monoisotopic (exact) mass is 404 g/mol. The molecule has 0 bridgehead atoms. The molecule has 0 radical (unpaired) electrons. The van der Waals surface area contributed by atoms with Gasteiger partial charge in [-0.1, -0.05) is 12.1 Å². The van der Waals surface area contributed by atoms with E-state index in [1.807, 2.05) is 13.8 Å². The summed E-state index contributed by atoms with van der Waals surface area (Å²) in [5, 5.41) is 14.0. The molecule has 0 aliphatic carbocycles. The van der Waals surface area contributed by atoms with Crippen molar-refractivity contribution in [2.24, 2.45) is 0 Å². The van der Waals surface area contributed by atoms with Crippen LogP contribution >= 0.6 is 11.8 Å². The first-order valence-corrected chi connectivity index (χ1v) is 9.36. The largest absolute Gasteiger partial charge is 0.496 e. The van der Waals surface area contributed by atoms with Crippen LogP contribution in [-0.4, -0.2) is 35.7 Å². The Morgan fingerprint density at radius 2 is 1.93 bits per heavy atom. The minimum absolute atomic E-state index is 0.0175. The van der Waals surface area contributed by atoms with Crippen LogP contribution in [-0.2, 0) is 4.79 Å². The van der Waals surface area contributed by atoms with Crippen LogP contribution in [0.15, 0.2) is 47.4 Å². The molecular weight excluding hydrogens is 384 g/mol. The van der Waals surface area contributed by atoms with Crippen molar-refractivity contribution in [1.29, 1.82) is 0 Å². The Bertz CT molecular complexity index is 884. The average molecular weight is 404 g/mol. The molecule has 28 heavy (non-hydrogen) atoms. The van der Waals surface area contributed by atoms with Crippen molar-refractivity contribution in [1.82, 2.24) is 5.32 Å². The molecule has 148 valence electrons. The quantitative estimate of drug-likeness (QED) is 0.236. The number of carbonyl (C=O) groups excluding carboxylic acids is 2. The van der Waals surface area contributed by atoms with Crippen LogP contribution in [0, 0.1) is 10.1 Å². The van der Waals surface area contributed by atoms with Crippen molar-refractivity contribution in [3.8, 4) is 11.5 Å². The highest BCUT2D eigenvalue weighted by atomic mass is 32.2. The van der Waals surface area contributed by atoms with E-state index in [4.69, 9.17) is 9.47 Å². The fourth-order valence-corrected chi connectivity index (χ4v) is 3.13. The molecule has 0 spiro atoms. The van der Waals surface area contributed by atoms with E-state index < -0.39 is 10.9 Å². The first-order valence-electron chi connectivity index (χ1n) is 8.37. The Kier molecular flexibility index (Phi) is 7.39. The molecule has 2 aromatic carbocycles. The molecule has 0 atom stereocenters. The molecule has 8 nitrogen and oxygen atoms in total. The van der Waals surface area contributed by atoms with E-state index in [0.29, 0.717) is 4.90 Å². The summed E-state index contributed by atoms with van der Waals surface area (Å²) in [7, 11) is 1.38. The molecule has 0 aliphatic rings. The Morgan fingerprint density at radius 3 is 2.57 bits per heavy atom. The number of rotatable bonds is 8. The van der Waals surface area contributed by atoms with E-state index >= 15 is 0 Å². The lowest BCUT2D eigenvalue weighted by Crippen LogP contribution is -2.31. The van der Waals surface area contributed by atoms with Crippen molar-refractivity contribution in [3.05, 3.63) is 58.1 Å². The van der Waals surface area contributed by atoms with Crippen LogP contribution in [0.3, 0.4) is 0 Å². The van der Waals surface area contributed by atoms with E-state index in [1.54, 1.807) is 24.3 Å². The third-order valence-electron chi connectivity index (χ3n) is 3.48. The normalized spacial score (nSPS) is 10.4. The number of benzene rings is 2. The second kappa shape index (κ2) is 9.75. The van der Waals surface area contributed by atoms with Gasteiger partial charge in [-0.25, -0.2) is 4.79 Å². The van der Waals surface area contributed by atoms with Gasteiger partial charge in [0.25, 0.3) is 0 Å². The van der Waals surface area contributed by atoms with Gasteiger partial charge in [0, 0.05) is 10.9 Å². The molecule has 2 rings (SSSR count). The highest BCUT2D eigenvalue weighted by Gasteiger charge is 2.22. The van der Waals surface area contributed by atoms with Gasteiger partial charge in [-0.05, 0) is 38.1 Å². The number of hydrogen-bond acceptors (Lipinski definition) is 7. The molecule has 1 amide bonds. The molecular formula is C19H20N2O6S. The number of hydrogen-bond donors (Lipinski definition) is 1. The number of thioether (sulfide) groups is 1. The Hall–Kier alpha value is -3.07. The van der Waals surface area contributed by atoms with Crippen LogP contribution in [0.1, 0.15) is 24.2 Å². The van der Waals surface area contributed by atoms with Crippen molar-refractivity contribution < 1.29 is 24.0 Å². The molecule has 0 aromatic heterocycles. The number of methoxy groups -OCH3 is 1. The number of amides is 1. The minimum atomic E-state index is -0.749. The van der Waals surface area contributed by atoms with Gasteiger partial charge in [-0.2, -0.15) is 0 Å². The van der Waals surface area contributed by atoms with Crippen LogP contribution in [0.5, 0.6) is 11.5 Å². The maximum atomic E-state index is 12.6. The Labute approximate surface area is 166 Å². The van der Waals surface area contributed by atoms with E-state index in [1.165, 1.54) is 37.1 Å². The second-order valence-electron chi connectivity index (χ2n) is 5.99. The number of esters is 1. The van der Waals surface area contributed by atoms with E-state index in [0.717, 1.165) is 0 Å². The van der Waals surface area contributed by atoms with Crippen molar-refractivity contribution in [2.75, 3.05) is 12.9 Å². The third kappa shape index (κ3) is 5.71. The predicted octanol–water partition coefficient (Wildman–Crippen LogP) is 3.44. The third-order valence-corrected chi connectivity index (χ3v) is 4.55. The summed E-state index contributed by atoms with van der Waals surface area (Å²) in [4.78, 5) is 35.6. The maximum Gasteiger partial charge on any atom is 0.344 e. The van der Waals surface area contributed by atoms with Gasteiger partial charge in [0.05, 0.1) is 29.4 Å². The fourth-order valence-electron chi connectivity index (χ4n) is 2.28. The molecule has 0 saturated heterocycles. The zero-order valence-corrected chi connectivity index (χ0v) is 16.4. The van der Waals surface area contributed by atoms with Crippen molar-refractivity contribution >= 4 is 29.3 Å². The Morgan fingerprint density at radius 1 is 1.21 bits per heavy atom. The lowest BCUT2D eigenvalue weighted by Gasteiger charge is -2.11. The first-order chi connectivity index (χ1) is 13.3. The van der Waals surface area contributed by atoms with Gasteiger partial charge in [0.1, 0.15) is 5.75 Å². The lowest BCUT2D eigenvalue weighted by molar-refractivity contribution is -0.385. The first kappa shape index (κ1) is 21.2. The standard InChI is InChI=1S/C19H20N2O6S/c1-12(2)20-18(22)11-28-17-7-5-4-6-14(17)19(23)27-16-9-8-13(26-3)10-15(16)21(24)25/h4-10,12H,11H2,1-3H3,(H,20,22). The second-order valence-corrected chi connectivity index (χ2v) is 7.00. The summed E-state index contributed by atoms with van der Waals surface area (Å²) in [6, 6.07) is 10.6. The predicted molar refractivity (Wildman–Crippen MR) is 105 cm³/mol. The summed E-state index contributed by atoms with van der Waals surface area (Å²) < 4.78 is 10.2. The van der Waals surface area contributed by atoms with Gasteiger partial charge < -0.3 is 14.8 Å². The minimum Gasteiger partial charge on any atom is -0.496 e. The van der Waals surface area contributed by atoms with Crippen LogP contribution < -0.4 is 14.8 Å². The zero-order chi connectivity index (χ0) is 20.7.